The van der Waals surface area contributed by atoms with Crippen LogP contribution >= 0.6 is 11.8 Å². The van der Waals surface area contributed by atoms with E-state index < -0.39 is 0 Å². The van der Waals surface area contributed by atoms with Crippen molar-refractivity contribution in [1.82, 2.24) is 4.98 Å². The fraction of sp³-hybridized carbons (Fsp3) is 0.208. The Morgan fingerprint density at radius 2 is 2.14 bits per heavy atom. The molecule has 2 aromatic rings. The number of pyridine rings is 1. The van der Waals surface area contributed by atoms with Crippen molar-refractivity contribution in [3.05, 3.63) is 95.2 Å². The van der Waals surface area contributed by atoms with Crippen LogP contribution in [0.4, 0.5) is 0 Å². The van der Waals surface area contributed by atoms with Crippen molar-refractivity contribution in [1.29, 1.82) is 5.26 Å². The number of fused-ring (bicyclic) bond motifs is 1. The molecule has 146 valence electrons. The number of hydrogen-bond acceptors (Lipinski definition) is 5. The summed E-state index contributed by atoms with van der Waals surface area (Å²) in [6.45, 7) is 6.02. The third-order valence-electron chi connectivity index (χ3n) is 4.80. The van der Waals surface area contributed by atoms with E-state index in [1.165, 1.54) is 17.3 Å². The Bertz CT molecular complexity index is 1020. The highest BCUT2D eigenvalue weighted by Crippen LogP contribution is 2.35. The lowest BCUT2D eigenvalue weighted by atomic mass is 9.81. The van der Waals surface area contributed by atoms with E-state index in [0.29, 0.717) is 28.5 Å². The number of rotatable bonds is 6. The van der Waals surface area contributed by atoms with Crippen molar-refractivity contribution < 1.29 is 5.21 Å². The van der Waals surface area contributed by atoms with Crippen LogP contribution in [-0.2, 0) is 6.42 Å². The molecule has 0 saturated carbocycles. The fourth-order valence-corrected chi connectivity index (χ4v) is 4.20. The lowest BCUT2D eigenvalue weighted by molar-refractivity contribution is 0.316. The van der Waals surface area contributed by atoms with Gasteiger partial charge >= 0.3 is 0 Å². The van der Waals surface area contributed by atoms with Gasteiger partial charge in [0.25, 0.3) is 0 Å². The molecule has 3 rings (SSSR count). The highest BCUT2D eigenvalue weighted by molar-refractivity contribution is 7.99. The van der Waals surface area contributed by atoms with Crippen LogP contribution in [0.15, 0.2) is 83.0 Å². The minimum absolute atomic E-state index is 0.201. The van der Waals surface area contributed by atoms with E-state index >= 15 is 0 Å². The summed E-state index contributed by atoms with van der Waals surface area (Å²) in [5.74, 6) is 0.851. The molecule has 1 N–H and O–H groups in total. The van der Waals surface area contributed by atoms with Gasteiger partial charge in [0.1, 0.15) is 11.1 Å². The smallest absolute Gasteiger partial charge is 0.114 e. The van der Waals surface area contributed by atoms with E-state index in [4.69, 9.17) is 4.98 Å². The first-order valence-electron chi connectivity index (χ1n) is 9.46. The molecule has 4 nitrogen and oxygen atoms in total. The Balaban J connectivity index is 1.88. The Labute approximate surface area is 176 Å². The quantitative estimate of drug-likeness (QED) is 0.294. The Morgan fingerprint density at radius 3 is 2.83 bits per heavy atom. The number of nitrogens with zero attached hydrogens (tertiary/aromatic N) is 3. The monoisotopic (exact) mass is 401 g/mol. The van der Waals surface area contributed by atoms with Crippen molar-refractivity contribution in [3.63, 3.8) is 0 Å². The van der Waals surface area contributed by atoms with E-state index in [1.807, 2.05) is 49.4 Å². The molecule has 1 unspecified atom stereocenters. The van der Waals surface area contributed by atoms with Gasteiger partial charge in [-0.15, -0.1) is 11.8 Å². The number of benzene rings is 1. The zero-order valence-corrected chi connectivity index (χ0v) is 17.2. The number of oxime groups is 1. The molecule has 1 aromatic carbocycles. The number of nitriles is 1. The Morgan fingerprint density at radius 1 is 1.34 bits per heavy atom. The lowest BCUT2D eigenvalue weighted by Crippen LogP contribution is -2.21. The Kier molecular flexibility index (Phi) is 7.04. The first-order chi connectivity index (χ1) is 14.2. The zero-order chi connectivity index (χ0) is 20.6. The summed E-state index contributed by atoms with van der Waals surface area (Å²) < 4.78 is 0. The molecule has 29 heavy (non-hydrogen) atoms. The largest absolute Gasteiger partial charge is 0.411 e. The predicted molar refractivity (Wildman–Crippen MR) is 119 cm³/mol. The molecule has 1 aliphatic carbocycles. The van der Waals surface area contributed by atoms with Gasteiger partial charge in [-0.2, -0.15) is 5.26 Å². The van der Waals surface area contributed by atoms with Crippen molar-refractivity contribution in [2.24, 2.45) is 5.16 Å². The highest BCUT2D eigenvalue weighted by Gasteiger charge is 2.28. The molecule has 0 bridgehead atoms. The van der Waals surface area contributed by atoms with Crippen molar-refractivity contribution in [2.75, 3.05) is 5.75 Å². The number of aromatic nitrogens is 1. The molecule has 0 radical (unpaired) electrons. The van der Waals surface area contributed by atoms with Crippen LogP contribution in [0.3, 0.4) is 0 Å². The van der Waals surface area contributed by atoms with E-state index in [2.05, 4.69) is 29.9 Å². The SMILES string of the molecule is C=C(/C=C\C=C/C)CSc1nc2c(cc1C#N)/C(=N/O)CC(c1ccccc1)C2. The molecule has 1 atom stereocenters. The maximum absolute atomic E-state index is 9.60. The summed E-state index contributed by atoms with van der Waals surface area (Å²) in [5, 5.41) is 23.4. The molecule has 1 aromatic heterocycles. The average molecular weight is 402 g/mol. The van der Waals surface area contributed by atoms with Crippen LogP contribution in [-0.4, -0.2) is 21.7 Å². The van der Waals surface area contributed by atoms with Crippen LogP contribution in [0.1, 0.15) is 41.6 Å². The molecule has 0 saturated heterocycles. The van der Waals surface area contributed by atoms with Gasteiger partial charge in [-0.05, 0) is 36.5 Å². The zero-order valence-electron chi connectivity index (χ0n) is 16.4. The maximum Gasteiger partial charge on any atom is 0.114 e. The second kappa shape index (κ2) is 9.90. The summed E-state index contributed by atoms with van der Waals surface area (Å²) in [7, 11) is 0. The average Bonchev–Trinajstić information content (AvgIpc) is 2.76. The van der Waals surface area contributed by atoms with Gasteiger partial charge in [-0.1, -0.05) is 66.4 Å². The number of hydrogen-bond donors (Lipinski definition) is 1. The third kappa shape index (κ3) is 5.04. The van der Waals surface area contributed by atoms with E-state index in [1.54, 1.807) is 6.07 Å². The highest BCUT2D eigenvalue weighted by atomic mass is 32.2. The lowest BCUT2D eigenvalue weighted by Gasteiger charge is -2.25. The second-order valence-corrected chi connectivity index (χ2v) is 7.81. The van der Waals surface area contributed by atoms with Gasteiger partial charge < -0.3 is 5.21 Å². The van der Waals surface area contributed by atoms with Crippen LogP contribution < -0.4 is 0 Å². The second-order valence-electron chi connectivity index (χ2n) is 6.84. The summed E-state index contributed by atoms with van der Waals surface area (Å²) in [4.78, 5) is 4.80. The summed E-state index contributed by atoms with van der Waals surface area (Å²) in [6.07, 6.45) is 9.19. The standard InChI is InChI=1S/C24H23N3OS/c1-3-4-6-9-17(2)16-29-24-20(15-25)12-21-22(26-24)13-19(14-23(21)27-28)18-10-7-5-8-11-18/h3-12,19,28H,2,13-14,16H2,1H3/b4-3-,9-6-,27-23+. The van der Waals surface area contributed by atoms with Crippen molar-refractivity contribution in [2.45, 2.75) is 30.7 Å². The van der Waals surface area contributed by atoms with Crippen molar-refractivity contribution >= 4 is 17.5 Å². The summed E-state index contributed by atoms with van der Waals surface area (Å²) in [6, 6.07) is 14.2. The molecular weight excluding hydrogens is 378 g/mol. The van der Waals surface area contributed by atoms with Gasteiger partial charge in [-0.25, -0.2) is 4.98 Å². The van der Waals surface area contributed by atoms with Crippen LogP contribution in [0.2, 0.25) is 0 Å². The van der Waals surface area contributed by atoms with Crippen LogP contribution in [0, 0.1) is 11.3 Å². The topological polar surface area (TPSA) is 69.3 Å². The predicted octanol–water partition coefficient (Wildman–Crippen LogP) is 5.64. The summed E-state index contributed by atoms with van der Waals surface area (Å²) in [5.41, 5.74) is 4.87. The molecule has 0 amide bonds. The van der Waals surface area contributed by atoms with Crippen LogP contribution in [0.25, 0.3) is 0 Å². The van der Waals surface area contributed by atoms with Gasteiger partial charge in [0.2, 0.25) is 0 Å². The maximum atomic E-state index is 9.60. The summed E-state index contributed by atoms with van der Waals surface area (Å²) >= 11 is 1.51. The molecule has 5 heteroatoms. The third-order valence-corrected chi connectivity index (χ3v) is 5.90. The Hall–Kier alpha value is -3.10. The van der Waals surface area contributed by atoms with E-state index in [-0.39, 0.29) is 5.92 Å². The van der Waals surface area contributed by atoms with E-state index in [0.717, 1.165) is 23.3 Å². The molecular formula is C24H23N3OS. The first-order valence-corrected chi connectivity index (χ1v) is 10.4. The van der Waals surface area contributed by atoms with E-state index in [9.17, 15) is 10.5 Å². The van der Waals surface area contributed by atoms with Gasteiger partial charge in [-0.3, -0.25) is 0 Å². The van der Waals surface area contributed by atoms with Crippen LogP contribution in [0.5, 0.6) is 0 Å². The number of thioether (sulfide) groups is 1. The normalized spacial score (nSPS) is 17.5. The number of allylic oxidation sites excluding steroid dienone is 4. The molecule has 0 aliphatic heterocycles. The van der Waals surface area contributed by atoms with Gasteiger partial charge in [0, 0.05) is 17.7 Å². The molecule has 0 fully saturated rings. The van der Waals surface area contributed by atoms with Gasteiger partial charge in [0.15, 0.2) is 0 Å². The molecule has 1 aliphatic rings. The minimum Gasteiger partial charge on any atom is -0.411 e. The molecule has 0 spiro atoms. The molecule has 1 heterocycles. The minimum atomic E-state index is 0.201. The van der Waals surface area contributed by atoms with Gasteiger partial charge in [0.05, 0.1) is 17.0 Å². The van der Waals surface area contributed by atoms with Crippen molar-refractivity contribution in [3.8, 4) is 6.07 Å². The fourth-order valence-electron chi connectivity index (χ4n) is 3.34. The first kappa shape index (κ1) is 20.6.